The summed E-state index contributed by atoms with van der Waals surface area (Å²) in [4.78, 5) is 11.8. The predicted molar refractivity (Wildman–Crippen MR) is 127 cm³/mol. The second-order valence-corrected chi connectivity index (χ2v) is 8.77. The van der Waals surface area contributed by atoms with Crippen molar-refractivity contribution in [3.63, 3.8) is 0 Å². The fraction of sp³-hybridized carbons (Fsp3) is 0.320. The number of benzene rings is 2. The minimum atomic E-state index is -0.862. The molecule has 2 aromatic carbocycles. The van der Waals surface area contributed by atoms with Crippen LogP contribution in [-0.4, -0.2) is 30.9 Å². The van der Waals surface area contributed by atoms with E-state index in [0.29, 0.717) is 11.6 Å². The third-order valence-corrected chi connectivity index (χ3v) is 6.15. The Kier molecular flexibility index (Phi) is 6.17. The lowest BCUT2D eigenvalue weighted by molar-refractivity contribution is -0.139. The Balaban J connectivity index is 1.74. The van der Waals surface area contributed by atoms with Gasteiger partial charge in [0, 0.05) is 22.5 Å². The second kappa shape index (κ2) is 8.88. The van der Waals surface area contributed by atoms with Gasteiger partial charge in [0.2, 0.25) is 0 Å². The van der Waals surface area contributed by atoms with Gasteiger partial charge in [-0.1, -0.05) is 41.9 Å². The number of Topliss-reactive ketones (excluding diaryl/α,β-unsaturated/α-hetero) is 1. The summed E-state index contributed by atoms with van der Waals surface area (Å²) >= 11 is 6.42. The van der Waals surface area contributed by atoms with Gasteiger partial charge in [0.05, 0.1) is 36.3 Å². The third-order valence-electron chi connectivity index (χ3n) is 5.78. The smallest absolute Gasteiger partial charge is 0.161 e. The number of carbonyl (C=O) groups is 1. The molecule has 4 rings (SSSR count). The molecule has 2 aromatic heterocycles. The van der Waals surface area contributed by atoms with Gasteiger partial charge in [-0.3, -0.25) is 14.2 Å². The molecule has 0 spiro atoms. The number of halogens is 1. The monoisotopic (exact) mass is 450 g/mol. The highest BCUT2D eigenvalue weighted by molar-refractivity contribution is 6.31. The molecule has 0 aliphatic carbocycles. The van der Waals surface area contributed by atoms with Crippen LogP contribution in [0.1, 0.15) is 39.0 Å². The van der Waals surface area contributed by atoms with Crippen LogP contribution >= 0.6 is 11.6 Å². The van der Waals surface area contributed by atoms with Gasteiger partial charge in [-0.25, -0.2) is 0 Å². The molecule has 166 valence electrons. The van der Waals surface area contributed by atoms with Gasteiger partial charge in [-0.2, -0.15) is 10.2 Å². The maximum atomic E-state index is 11.8. The molecule has 0 atom stereocenters. The number of aromatic nitrogens is 4. The number of rotatable bonds is 8. The number of ether oxygens (including phenoxy) is 1. The number of hydrogen-bond donors (Lipinski definition) is 0. The molecule has 0 saturated carbocycles. The van der Waals surface area contributed by atoms with Gasteiger partial charge in [-0.05, 0) is 51.5 Å². The molecule has 0 unspecified atom stereocenters. The lowest BCUT2D eigenvalue weighted by Gasteiger charge is -2.21. The summed E-state index contributed by atoms with van der Waals surface area (Å²) in [5, 5.41) is 11.0. The Bertz CT molecular complexity index is 1270. The van der Waals surface area contributed by atoms with Crippen molar-refractivity contribution in [1.82, 2.24) is 19.6 Å². The molecule has 32 heavy (non-hydrogen) atoms. The standard InChI is InChI=1S/C25H27ClN4O2/c1-5-29-23-12-18(10-11-19(23)14-27-29)24-13-21(16-32-25(3,4)17(2)31)28-30(24)15-20-8-6-7-9-22(20)26/h6-14H,5,15-16H2,1-4H3. The zero-order valence-corrected chi connectivity index (χ0v) is 19.6. The first-order chi connectivity index (χ1) is 15.3. The van der Waals surface area contributed by atoms with Crippen LogP contribution in [-0.2, 0) is 29.2 Å². The average Bonchev–Trinajstić information content (AvgIpc) is 3.37. The van der Waals surface area contributed by atoms with E-state index in [1.165, 1.54) is 6.92 Å². The predicted octanol–water partition coefficient (Wildman–Crippen LogP) is 5.51. The SMILES string of the molecule is CCn1ncc2ccc(-c3cc(COC(C)(C)C(C)=O)nn3Cc3ccccc3Cl)cc21. The fourth-order valence-corrected chi connectivity index (χ4v) is 3.71. The Morgan fingerprint density at radius 2 is 1.91 bits per heavy atom. The van der Waals surface area contributed by atoms with Gasteiger partial charge in [0.25, 0.3) is 0 Å². The van der Waals surface area contributed by atoms with Crippen molar-refractivity contribution < 1.29 is 9.53 Å². The van der Waals surface area contributed by atoms with E-state index in [0.717, 1.165) is 40.0 Å². The minimum Gasteiger partial charge on any atom is -0.361 e. The summed E-state index contributed by atoms with van der Waals surface area (Å²) in [6.45, 7) is 8.72. The van der Waals surface area contributed by atoms with Crippen LogP contribution in [0.25, 0.3) is 22.2 Å². The van der Waals surface area contributed by atoms with Crippen molar-refractivity contribution in [2.45, 2.75) is 53.0 Å². The second-order valence-electron chi connectivity index (χ2n) is 8.36. The summed E-state index contributed by atoms with van der Waals surface area (Å²) in [5.74, 6) is -0.0218. The maximum absolute atomic E-state index is 11.8. The molecule has 0 aliphatic rings. The average molecular weight is 451 g/mol. The lowest BCUT2D eigenvalue weighted by Crippen LogP contribution is -2.32. The Hall–Kier alpha value is -2.96. The van der Waals surface area contributed by atoms with Crippen LogP contribution in [0.4, 0.5) is 0 Å². The maximum Gasteiger partial charge on any atom is 0.161 e. The Morgan fingerprint density at radius 3 is 2.62 bits per heavy atom. The fourth-order valence-electron chi connectivity index (χ4n) is 3.52. The van der Waals surface area contributed by atoms with Gasteiger partial charge in [0.15, 0.2) is 5.78 Å². The van der Waals surface area contributed by atoms with E-state index in [-0.39, 0.29) is 12.4 Å². The van der Waals surface area contributed by atoms with Crippen LogP contribution in [0.3, 0.4) is 0 Å². The molecule has 6 nitrogen and oxygen atoms in total. The highest BCUT2D eigenvalue weighted by Crippen LogP contribution is 2.28. The quantitative estimate of drug-likeness (QED) is 0.355. The van der Waals surface area contributed by atoms with Gasteiger partial charge < -0.3 is 4.74 Å². The van der Waals surface area contributed by atoms with E-state index >= 15 is 0 Å². The minimum absolute atomic E-state index is 0.0218. The highest BCUT2D eigenvalue weighted by atomic mass is 35.5. The molecule has 2 heterocycles. The normalized spacial score (nSPS) is 11.9. The number of nitrogens with zero attached hydrogens (tertiary/aromatic N) is 4. The first-order valence-corrected chi connectivity index (χ1v) is 11.1. The van der Waals surface area contributed by atoms with Crippen molar-refractivity contribution in [1.29, 1.82) is 0 Å². The largest absolute Gasteiger partial charge is 0.361 e. The summed E-state index contributed by atoms with van der Waals surface area (Å²) < 4.78 is 9.80. The molecule has 0 fully saturated rings. The van der Waals surface area contributed by atoms with Crippen LogP contribution in [0.2, 0.25) is 5.02 Å². The number of fused-ring (bicyclic) bond motifs is 1. The molecule has 0 bridgehead atoms. The van der Waals surface area contributed by atoms with Crippen LogP contribution < -0.4 is 0 Å². The van der Waals surface area contributed by atoms with Gasteiger partial charge >= 0.3 is 0 Å². The summed E-state index contributed by atoms with van der Waals surface area (Å²) in [6.07, 6.45) is 1.88. The van der Waals surface area contributed by atoms with Gasteiger partial charge in [0.1, 0.15) is 5.60 Å². The first kappa shape index (κ1) is 22.2. The number of aryl methyl sites for hydroxylation is 1. The van der Waals surface area contributed by atoms with E-state index in [2.05, 4.69) is 30.2 Å². The van der Waals surface area contributed by atoms with E-state index in [9.17, 15) is 4.79 Å². The van der Waals surface area contributed by atoms with Crippen LogP contribution in [0, 0.1) is 0 Å². The van der Waals surface area contributed by atoms with E-state index in [4.69, 9.17) is 21.4 Å². The lowest BCUT2D eigenvalue weighted by atomic mass is 10.1. The number of ketones is 1. The van der Waals surface area contributed by atoms with Crippen molar-refractivity contribution >= 4 is 28.3 Å². The summed E-state index contributed by atoms with van der Waals surface area (Å²) in [5.41, 5.74) is 3.93. The van der Waals surface area contributed by atoms with Gasteiger partial charge in [-0.15, -0.1) is 0 Å². The molecule has 0 amide bonds. The Morgan fingerprint density at radius 1 is 1.12 bits per heavy atom. The van der Waals surface area contributed by atoms with Crippen LogP contribution in [0.5, 0.6) is 0 Å². The molecular formula is C25H27ClN4O2. The zero-order valence-electron chi connectivity index (χ0n) is 18.8. The van der Waals surface area contributed by atoms with Crippen molar-refractivity contribution in [2.75, 3.05) is 0 Å². The van der Waals surface area contributed by atoms with Crippen molar-refractivity contribution in [3.8, 4) is 11.3 Å². The molecule has 0 aliphatic heterocycles. The zero-order chi connectivity index (χ0) is 22.9. The molecular weight excluding hydrogens is 424 g/mol. The first-order valence-electron chi connectivity index (χ1n) is 10.7. The van der Waals surface area contributed by atoms with Crippen molar-refractivity contribution in [3.05, 3.63) is 71.0 Å². The van der Waals surface area contributed by atoms with E-state index in [1.54, 1.807) is 13.8 Å². The number of carbonyl (C=O) groups excluding carboxylic acids is 1. The molecule has 0 radical (unpaired) electrons. The number of hydrogen-bond acceptors (Lipinski definition) is 4. The molecule has 4 aromatic rings. The summed E-state index contributed by atoms with van der Waals surface area (Å²) in [6, 6.07) is 16.1. The third kappa shape index (κ3) is 4.47. The van der Waals surface area contributed by atoms with E-state index < -0.39 is 5.60 Å². The summed E-state index contributed by atoms with van der Waals surface area (Å²) in [7, 11) is 0. The van der Waals surface area contributed by atoms with Crippen molar-refractivity contribution in [2.24, 2.45) is 0 Å². The van der Waals surface area contributed by atoms with Crippen LogP contribution in [0.15, 0.2) is 54.7 Å². The molecule has 0 N–H and O–H groups in total. The van der Waals surface area contributed by atoms with E-state index in [1.807, 2.05) is 45.9 Å². The highest BCUT2D eigenvalue weighted by Gasteiger charge is 2.25. The Labute approximate surface area is 192 Å². The molecule has 7 heteroatoms. The topological polar surface area (TPSA) is 61.9 Å². The molecule has 0 saturated heterocycles.